The zero-order valence-corrected chi connectivity index (χ0v) is 7.34. The lowest BCUT2D eigenvalue weighted by molar-refractivity contribution is -0.128. The second-order valence-corrected chi connectivity index (χ2v) is 3.28. The van der Waals surface area contributed by atoms with Crippen LogP contribution in [0.15, 0.2) is 0 Å². The number of hydrogen-bond donors (Lipinski definition) is 3. The fraction of sp³-hybridized carbons (Fsp3) is 0.875. The average molecular weight is 172 g/mol. The van der Waals surface area contributed by atoms with E-state index in [0.717, 1.165) is 19.5 Å². The number of carbonyl (C=O) groups excluding carboxylic acids is 1. The lowest BCUT2D eigenvalue weighted by atomic mass is 10.1. The van der Waals surface area contributed by atoms with Crippen molar-refractivity contribution in [2.24, 2.45) is 5.92 Å². The van der Waals surface area contributed by atoms with E-state index in [1.807, 2.05) is 0 Å². The Morgan fingerprint density at radius 3 is 3.08 bits per heavy atom. The Kier molecular flexibility index (Phi) is 3.49. The fourth-order valence-corrected chi connectivity index (χ4v) is 1.28. The van der Waals surface area contributed by atoms with Crippen molar-refractivity contribution < 1.29 is 9.90 Å². The quantitative estimate of drug-likeness (QED) is 0.516. The van der Waals surface area contributed by atoms with Gasteiger partial charge in [0.25, 0.3) is 0 Å². The van der Waals surface area contributed by atoms with Gasteiger partial charge in [0.05, 0.1) is 0 Å². The van der Waals surface area contributed by atoms with Crippen molar-refractivity contribution in [1.29, 1.82) is 0 Å². The first-order valence-electron chi connectivity index (χ1n) is 4.36. The minimum atomic E-state index is -0.889. The number of aliphatic hydroxyl groups excluding tert-OH is 1. The van der Waals surface area contributed by atoms with Gasteiger partial charge in [0.1, 0.15) is 6.10 Å². The third-order valence-corrected chi connectivity index (χ3v) is 2.11. The first-order chi connectivity index (χ1) is 5.70. The molecule has 70 valence electrons. The Bertz CT molecular complexity index is 153. The van der Waals surface area contributed by atoms with Crippen LogP contribution in [-0.4, -0.2) is 36.8 Å². The van der Waals surface area contributed by atoms with E-state index in [-0.39, 0.29) is 5.91 Å². The molecule has 0 aromatic carbocycles. The van der Waals surface area contributed by atoms with E-state index in [0.29, 0.717) is 12.5 Å². The van der Waals surface area contributed by atoms with Crippen LogP contribution in [0.5, 0.6) is 0 Å². The summed E-state index contributed by atoms with van der Waals surface area (Å²) in [6, 6.07) is 0. The summed E-state index contributed by atoms with van der Waals surface area (Å²) < 4.78 is 0. The molecule has 0 aromatic heterocycles. The van der Waals surface area contributed by atoms with Gasteiger partial charge in [0.2, 0.25) is 5.91 Å². The van der Waals surface area contributed by atoms with E-state index in [2.05, 4.69) is 10.6 Å². The molecule has 1 heterocycles. The fourth-order valence-electron chi connectivity index (χ4n) is 1.28. The molecule has 4 heteroatoms. The van der Waals surface area contributed by atoms with Gasteiger partial charge in [-0.05, 0) is 32.4 Å². The van der Waals surface area contributed by atoms with Crippen molar-refractivity contribution in [3.8, 4) is 0 Å². The molecule has 3 N–H and O–H groups in total. The third kappa shape index (κ3) is 2.79. The molecule has 0 radical (unpaired) electrons. The maximum absolute atomic E-state index is 10.9. The van der Waals surface area contributed by atoms with Crippen molar-refractivity contribution in [3.63, 3.8) is 0 Å². The van der Waals surface area contributed by atoms with E-state index >= 15 is 0 Å². The number of nitrogens with one attached hydrogen (secondary N) is 2. The monoisotopic (exact) mass is 172 g/mol. The van der Waals surface area contributed by atoms with E-state index in [4.69, 9.17) is 5.11 Å². The van der Waals surface area contributed by atoms with Crippen LogP contribution in [0.3, 0.4) is 0 Å². The van der Waals surface area contributed by atoms with Crippen molar-refractivity contribution in [2.45, 2.75) is 19.4 Å². The number of amides is 1. The van der Waals surface area contributed by atoms with Crippen LogP contribution >= 0.6 is 0 Å². The first-order valence-corrected chi connectivity index (χ1v) is 4.36. The average Bonchev–Trinajstić information content (AvgIpc) is 2.51. The van der Waals surface area contributed by atoms with Crippen LogP contribution < -0.4 is 10.6 Å². The minimum absolute atomic E-state index is 0.276. The Labute approximate surface area is 72.3 Å². The Morgan fingerprint density at radius 2 is 2.58 bits per heavy atom. The molecule has 1 aliphatic rings. The molecule has 0 unspecified atom stereocenters. The number of rotatable bonds is 3. The summed E-state index contributed by atoms with van der Waals surface area (Å²) in [5.74, 6) is 0.259. The third-order valence-electron chi connectivity index (χ3n) is 2.11. The van der Waals surface area contributed by atoms with Crippen molar-refractivity contribution >= 4 is 5.91 Å². The van der Waals surface area contributed by atoms with Gasteiger partial charge >= 0.3 is 0 Å². The summed E-state index contributed by atoms with van der Waals surface area (Å²) in [6.45, 7) is 4.16. The van der Waals surface area contributed by atoms with Gasteiger partial charge < -0.3 is 15.7 Å². The summed E-state index contributed by atoms with van der Waals surface area (Å²) in [5.41, 5.74) is 0. The molecule has 1 fully saturated rings. The minimum Gasteiger partial charge on any atom is -0.384 e. The zero-order valence-electron chi connectivity index (χ0n) is 7.34. The molecule has 1 saturated heterocycles. The van der Waals surface area contributed by atoms with Gasteiger partial charge in [-0.15, -0.1) is 0 Å². The summed E-state index contributed by atoms with van der Waals surface area (Å²) in [5, 5.41) is 14.8. The maximum atomic E-state index is 10.9. The smallest absolute Gasteiger partial charge is 0.248 e. The highest BCUT2D eigenvalue weighted by atomic mass is 16.3. The first kappa shape index (κ1) is 9.48. The molecule has 0 bridgehead atoms. The molecule has 0 aromatic rings. The molecule has 1 rings (SSSR count). The summed E-state index contributed by atoms with van der Waals surface area (Å²) in [7, 11) is 0. The van der Waals surface area contributed by atoms with Gasteiger partial charge in [-0.25, -0.2) is 0 Å². The Morgan fingerprint density at radius 1 is 1.83 bits per heavy atom. The Hall–Kier alpha value is -0.610. The van der Waals surface area contributed by atoms with Crippen LogP contribution in [0.1, 0.15) is 13.3 Å². The second kappa shape index (κ2) is 4.42. The molecular weight excluding hydrogens is 156 g/mol. The van der Waals surface area contributed by atoms with Gasteiger partial charge in [-0.1, -0.05) is 0 Å². The zero-order chi connectivity index (χ0) is 8.97. The predicted molar refractivity (Wildman–Crippen MR) is 45.7 cm³/mol. The van der Waals surface area contributed by atoms with Crippen LogP contribution in [0.2, 0.25) is 0 Å². The molecule has 0 saturated carbocycles. The van der Waals surface area contributed by atoms with Crippen LogP contribution in [0.25, 0.3) is 0 Å². The van der Waals surface area contributed by atoms with E-state index < -0.39 is 6.10 Å². The molecule has 4 nitrogen and oxygen atoms in total. The van der Waals surface area contributed by atoms with Gasteiger partial charge in [-0.2, -0.15) is 0 Å². The van der Waals surface area contributed by atoms with Gasteiger partial charge in [0.15, 0.2) is 0 Å². The summed E-state index contributed by atoms with van der Waals surface area (Å²) >= 11 is 0. The number of carbonyl (C=O) groups is 1. The van der Waals surface area contributed by atoms with Crippen molar-refractivity contribution in [1.82, 2.24) is 10.6 Å². The lowest BCUT2D eigenvalue weighted by Gasteiger charge is -2.10. The molecule has 1 amide bonds. The SMILES string of the molecule is C[C@H](O)C(=O)NC[C@@H]1CCNC1. The number of hydrogen-bond acceptors (Lipinski definition) is 3. The maximum Gasteiger partial charge on any atom is 0.248 e. The van der Waals surface area contributed by atoms with E-state index in [9.17, 15) is 4.79 Å². The number of aliphatic hydroxyl groups is 1. The molecule has 2 atom stereocenters. The highest BCUT2D eigenvalue weighted by molar-refractivity contribution is 5.79. The molecule has 0 aliphatic carbocycles. The summed E-state index contributed by atoms with van der Waals surface area (Å²) in [4.78, 5) is 10.9. The van der Waals surface area contributed by atoms with Crippen molar-refractivity contribution in [3.05, 3.63) is 0 Å². The largest absolute Gasteiger partial charge is 0.384 e. The van der Waals surface area contributed by atoms with Gasteiger partial charge in [-0.3, -0.25) is 4.79 Å². The highest BCUT2D eigenvalue weighted by Crippen LogP contribution is 2.04. The summed E-state index contributed by atoms with van der Waals surface area (Å²) in [6.07, 6.45) is 0.222. The molecule has 1 aliphatic heterocycles. The van der Waals surface area contributed by atoms with E-state index in [1.165, 1.54) is 6.92 Å². The van der Waals surface area contributed by atoms with E-state index in [1.54, 1.807) is 0 Å². The van der Waals surface area contributed by atoms with Crippen LogP contribution in [0, 0.1) is 5.92 Å². The molecular formula is C8H16N2O2. The van der Waals surface area contributed by atoms with Crippen LogP contribution in [0.4, 0.5) is 0 Å². The highest BCUT2D eigenvalue weighted by Gasteiger charge is 2.16. The molecule has 12 heavy (non-hydrogen) atoms. The normalized spacial score (nSPS) is 25.3. The standard InChI is InChI=1S/C8H16N2O2/c1-6(11)8(12)10-5-7-2-3-9-4-7/h6-7,9,11H,2-5H2,1H3,(H,10,12)/t6-,7+/m0/s1. The van der Waals surface area contributed by atoms with Crippen molar-refractivity contribution in [2.75, 3.05) is 19.6 Å². The topological polar surface area (TPSA) is 61.4 Å². The predicted octanol–water partition coefficient (Wildman–Crippen LogP) is -0.907. The van der Waals surface area contributed by atoms with Crippen LogP contribution in [-0.2, 0) is 4.79 Å². The van der Waals surface area contributed by atoms with Gasteiger partial charge in [0, 0.05) is 6.54 Å². The lowest BCUT2D eigenvalue weighted by Crippen LogP contribution is -2.36. The molecule has 0 spiro atoms. The Balaban J connectivity index is 2.12. The second-order valence-electron chi connectivity index (χ2n) is 3.28.